The average molecular weight is 684 g/mol. The third-order valence-electron chi connectivity index (χ3n) is 13.0. The topological polar surface area (TPSA) is 97.9 Å². The third-order valence-corrected chi connectivity index (χ3v) is 16.5. The number of rotatable bonds is 2. The Morgan fingerprint density at radius 3 is 1.47 bits per heavy atom. The lowest BCUT2D eigenvalue weighted by atomic mass is 9.64. The molecule has 4 heterocycles. The molecule has 7 nitrogen and oxygen atoms in total. The number of hydrogen-bond acceptors (Lipinski definition) is 9. The Morgan fingerprint density at radius 2 is 1.00 bits per heavy atom. The number of nitrogens with zero attached hydrogens (tertiary/aromatic N) is 3. The number of aromatic nitrogens is 1. The van der Waals surface area contributed by atoms with Gasteiger partial charge in [-0.2, -0.15) is 0 Å². The molecule has 0 amide bonds. The van der Waals surface area contributed by atoms with Crippen LogP contribution >= 0.6 is 34.0 Å². The normalized spacial score (nSPS) is 34.0. The van der Waals surface area contributed by atoms with Gasteiger partial charge in [0.25, 0.3) is 0 Å². The molecule has 8 atom stereocenters. The molecular formula is C37H37N3O4S3. The predicted octanol–water partition coefficient (Wildman–Crippen LogP) is 8.78. The van der Waals surface area contributed by atoms with Crippen molar-refractivity contribution < 1.29 is 19.2 Å². The first-order valence-corrected chi connectivity index (χ1v) is 20.1. The van der Waals surface area contributed by atoms with E-state index in [4.69, 9.17) is 9.98 Å². The van der Waals surface area contributed by atoms with Crippen LogP contribution in [0.5, 0.6) is 0 Å². The molecule has 10 rings (SSSR count). The fraction of sp³-hybridized carbons (Fsp3) is 0.568. The van der Waals surface area contributed by atoms with Gasteiger partial charge in [0.15, 0.2) is 34.6 Å². The summed E-state index contributed by atoms with van der Waals surface area (Å²) >= 11 is 4.78. The Labute approximate surface area is 284 Å². The van der Waals surface area contributed by atoms with Gasteiger partial charge in [-0.25, -0.2) is 9.98 Å². The van der Waals surface area contributed by atoms with Gasteiger partial charge in [0.05, 0.1) is 29.8 Å². The summed E-state index contributed by atoms with van der Waals surface area (Å²) in [5.41, 5.74) is 2.50. The van der Waals surface area contributed by atoms with Crippen molar-refractivity contribution in [1.29, 1.82) is 0 Å². The molecular weight excluding hydrogens is 647 g/mol. The van der Waals surface area contributed by atoms with E-state index in [1.807, 2.05) is 19.2 Å². The van der Waals surface area contributed by atoms with E-state index in [0.29, 0.717) is 28.7 Å². The van der Waals surface area contributed by atoms with E-state index in [1.54, 1.807) is 34.0 Å². The summed E-state index contributed by atoms with van der Waals surface area (Å²) in [6, 6.07) is 4.04. The molecule has 0 saturated heterocycles. The van der Waals surface area contributed by atoms with Crippen molar-refractivity contribution in [3.05, 3.63) is 12.1 Å². The molecule has 0 aliphatic heterocycles. The molecule has 0 N–H and O–H groups in total. The standard InChI is InChI=1S/C37H37N3O4S3/c1-40-24-14-26(38-28-31(41)20-10-16-6-2-3-7-17(16)11-21(20)32(28)42)46-35(24)37-30(40)36-25(45-37)15-27(47-36)39-29-33(43)22-12-18-8-4-5-9-19(18)13-23(22)34(29)44/h14-23H,2-13H2,1H3. The van der Waals surface area contributed by atoms with Crippen molar-refractivity contribution in [2.75, 3.05) is 0 Å². The van der Waals surface area contributed by atoms with Gasteiger partial charge >= 0.3 is 0 Å². The van der Waals surface area contributed by atoms with E-state index >= 15 is 0 Å². The molecule has 4 aromatic heterocycles. The monoisotopic (exact) mass is 683 g/mol. The van der Waals surface area contributed by atoms with Gasteiger partial charge < -0.3 is 4.57 Å². The number of Topliss-reactive ketones (excluding diaryl/α,β-unsaturated/α-hetero) is 4. The Morgan fingerprint density at radius 1 is 0.574 bits per heavy atom. The smallest absolute Gasteiger partial charge is 0.188 e. The fourth-order valence-corrected chi connectivity index (χ4v) is 14.4. The van der Waals surface area contributed by atoms with E-state index in [-0.39, 0.29) is 58.2 Å². The number of aliphatic imine (C=N–C) groups is 2. The fourth-order valence-electron chi connectivity index (χ4n) is 10.7. The van der Waals surface area contributed by atoms with Crippen molar-refractivity contribution in [3.63, 3.8) is 0 Å². The van der Waals surface area contributed by atoms with Gasteiger partial charge in [-0.15, -0.1) is 34.0 Å². The van der Waals surface area contributed by atoms with Gasteiger partial charge in [-0.05, 0) is 61.5 Å². The molecule has 6 aliphatic carbocycles. The van der Waals surface area contributed by atoms with Crippen LogP contribution in [0.1, 0.15) is 77.0 Å². The quantitative estimate of drug-likeness (QED) is 0.211. The van der Waals surface area contributed by atoms with Crippen molar-refractivity contribution in [3.8, 4) is 0 Å². The van der Waals surface area contributed by atoms with Crippen LogP contribution in [0.2, 0.25) is 0 Å². The highest BCUT2D eigenvalue weighted by atomic mass is 32.1. The second-order valence-corrected chi connectivity index (χ2v) is 18.4. The zero-order valence-electron chi connectivity index (χ0n) is 26.5. The van der Waals surface area contributed by atoms with Crippen LogP contribution in [0.4, 0.5) is 10.0 Å². The van der Waals surface area contributed by atoms with Crippen LogP contribution in [0, 0.1) is 47.3 Å². The highest BCUT2D eigenvalue weighted by Crippen LogP contribution is 2.52. The Bertz CT molecular complexity index is 2060. The SMILES string of the molecule is Cn1c2cc(N=C3C(=O)C4CC5CCCCC5CC4C3=O)sc2c2sc3cc(N=C4C(=O)C5CC6CCCCC6CC5C4=O)sc3c21. The highest BCUT2D eigenvalue weighted by molar-refractivity contribution is 7.37. The minimum atomic E-state index is -0.174. The lowest BCUT2D eigenvalue weighted by Crippen LogP contribution is -2.35. The molecule has 47 heavy (non-hydrogen) atoms. The van der Waals surface area contributed by atoms with Crippen LogP contribution in [-0.2, 0) is 26.2 Å². The number of fused-ring (bicyclic) bond motifs is 9. The number of hydrogen-bond donors (Lipinski definition) is 0. The summed E-state index contributed by atoms with van der Waals surface area (Å²) in [6.45, 7) is 0. The maximum Gasteiger partial charge on any atom is 0.188 e. The second kappa shape index (κ2) is 10.6. The second-order valence-electron chi connectivity index (χ2n) is 15.3. The van der Waals surface area contributed by atoms with Gasteiger partial charge in [-0.3, -0.25) is 19.2 Å². The first-order valence-electron chi connectivity index (χ1n) is 17.6. The van der Waals surface area contributed by atoms with Crippen molar-refractivity contribution >= 4 is 108 Å². The molecule has 0 spiro atoms. The van der Waals surface area contributed by atoms with E-state index in [2.05, 4.69) is 4.57 Å². The summed E-state index contributed by atoms with van der Waals surface area (Å²) < 4.78 is 6.63. The van der Waals surface area contributed by atoms with Crippen LogP contribution < -0.4 is 0 Å². The third kappa shape index (κ3) is 4.26. The molecule has 6 aliphatic rings. The van der Waals surface area contributed by atoms with Crippen molar-refractivity contribution in [2.45, 2.75) is 77.0 Å². The van der Waals surface area contributed by atoms with Crippen LogP contribution in [0.3, 0.4) is 0 Å². The lowest BCUT2D eigenvalue weighted by Gasteiger charge is -2.39. The molecule has 0 aromatic carbocycles. The summed E-state index contributed by atoms with van der Waals surface area (Å²) in [4.78, 5) is 63.4. The molecule has 6 fully saturated rings. The summed E-state index contributed by atoms with van der Waals surface area (Å²) in [5.74, 6) is 1.54. The van der Waals surface area contributed by atoms with Gasteiger partial charge in [0.2, 0.25) is 0 Å². The highest BCUT2D eigenvalue weighted by Gasteiger charge is 2.53. The first-order chi connectivity index (χ1) is 22.8. The zero-order valence-corrected chi connectivity index (χ0v) is 28.9. The largest absolute Gasteiger partial charge is 0.341 e. The van der Waals surface area contributed by atoms with E-state index in [9.17, 15) is 19.2 Å². The average Bonchev–Trinajstić information content (AvgIpc) is 3.89. The van der Waals surface area contributed by atoms with Crippen molar-refractivity contribution in [1.82, 2.24) is 4.57 Å². The van der Waals surface area contributed by atoms with Crippen LogP contribution in [0.15, 0.2) is 22.1 Å². The van der Waals surface area contributed by atoms with E-state index in [0.717, 1.165) is 60.5 Å². The molecule has 4 aromatic rings. The summed E-state index contributed by atoms with van der Waals surface area (Å²) in [7, 11) is 2.04. The minimum absolute atomic E-state index is 0.0312. The molecule has 242 valence electrons. The molecule has 6 saturated carbocycles. The van der Waals surface area contributed by atoms with Crippen LogP contribution in [0.25, 0.3) is 29.8 Å². The number of carbonyl (C=O) groups excluding carboxylic acids is 4. The minimum Gasteiger partial charge on any atom is -0.341 e. The summed E-state index contributed by atoms with van der Waals surface area (Å²) in [5, 5.41) is 1.43. The maximum absolute atomic E-state index is 13.5. The Balaban J connectivity index is 0.952. The number of aryl methyl sites for hydroxylation is 1. The van der Waals surface area contributed by atoms with Gasteiger partial charge in [0, 0.05) is 30.7 Å². The summed E-state index contributed by atoms with van der Waals surface area (Å²) in [6.07, 6.45) is 13.2. The van der Waals surface area contributed by atoms with Crippen LogP contribution in [-0.4, -0.2) is 39.1 Å². The first kappa shape index (κ1) is 29.1. The Kier molecular flexibility index (Phi) is 6.56. The van der Waals surface area contributed by atoms with Crippen molar-refractivity contribution in [2.24, 2.45) is 64.4 Å². The number of carbonyl (C=O) groups is 4. The lowest BCUT2D eigenvalue weighted by molar-refractivity contribution is -0.123. The number of thiophene rings is 3. The zero-order chi connectivity index (χ0) is 31.7. The maximum atomic E-state index is 13.5. The molecule has 10 heteroatoms. The van der Waals surface area contributed by atoms with Gasteiger partial charge in [0.1, 0.15) is 10.0 Å². The number of ketones is 4. The predicted molar refractivity (Wildman–Crippen MR) is 189 cm³/mol. The molecule has 0 bridgehead atoms. The molecule has 8 unspecified atom stereocenters. The van der Waals surface area contributed by atoms with E-state index < -0.39 is 0 Å². The molecule has 0 radical (unpaired) electrons. The van der Waals surface area contributed by atoms with Gasteiger partial charge in [-0.1, -0.05) is 51.4 Å². The van der Waals surface area contributed by atoms with E-state index in [1.165, 1.54) is 51.4 Å². The Hall–Kier alpha value is -2.82.